The summed E-state index contributed by atoms with van der Waals surface area (Å²) in [5.41, 5.74) is 1.71. The van der Waals surface area contributed by atoms with Gasteiger partial charge in [-0.1, -0.05) is 43.7 Å². The molecule has 1 saturated heterocycles. The molecule has 2 aromatic rings. The number of nitriles is 1. The van der Waals surface area contributed by atoms with Crippen LogP contribution in [0.3, 0.4) is 0 Å². The second kappa shape index (κ2) is 8.48. The molecular weight excluding hydrogens is 324 g/mol. The largest absolute Gasteiger partial charge is 0.353 e. The number of amides is 1. The van der Waals surface area contributed by atoms with Gasteiger partial charge in [0.05, 0.1) is 17.6 Å². The minimum Gasteiger partial charge on any atom is -0.353 e. The molecule has 0 spiro atoms. The minimum absolute atomic E-state index is 0.0622. The number of hydrogen-bond donors (Lipinski definition) is 0. The lowest BCUT2D eigenvalue weighted by Gasteiger charge is -2.37. The van der Waals surface area contributed by atoms with E-state index in [1.807, 2.05) is 35.2 Å². The monoisotopic (exact) mass is 348 g/mol. The molecule has 5 heteroatoms. The SMILES string of the molecule is CCCC(C(=O)N1CCN(c2cc(C#N)ccn2)CC1)c1ccccc1. The van der Waals surface area contributed by atoms with E-state index in [-0.39, 0.29) is 11.8 Å². The van der Waals surface area contributed by atoms with Gasteiger partial charge in [-0.2, -0.15) is 5.26 Å². The van der Waals surface area contributed by atoms with Gasteiger partial charge in [-0.25, -0.2) is 4.98 Å². The average Bonchev–Trinajstić information content (AvgIpc) is 2.72. The Kier molecular flexibility index (Phi) is 5.85. The molecule has 1 fully saturated rings. The lowest BCUT2D eigenvalue weighted by atomic mass is 9.93. The van der Waals surface area contributed by atoms with E-state index in [4.69, 9.17) is 5.26 Å². The minimum atomic E-state index is -0.0622. The molecule has 1 unspecified atom stereocenters. The number of nitrogens with zero attached hydrogens (tertiary/aromatic N) is 4. The molecule has 0 radical (unpaired) electrons. The second-order valence-electron chi connectivity index (χ2n) is 6.58. The first kappa shape index (κ1) is 17.9. The van der Waals surface area contributed by atoms with Gasteiger partial charge in [0.15, 0.2) is 0 Å². The van der Waals surface area contributed by atoms with E-state index in [1.165, 1.54) is 0 Å². The van der Waals surface area contributed by atoms with Gasteiger partial charge in [-0.15, -0.1) is 0 Å². The summed E-state index contributed by atoms with van der Waals surface area (Å²) in [6.45, 7) is 4.96. The van der Waals surface area contributed by atoms with Crippen molar-refractivity contribution in [2.75, 3.05) is 31.1 Å². The van der Waals surface area contributed by atoms with Crippen molar-refractivity contribution < 1.29 is 4.79 Å². The summed E-state index contributed by atoms with van der Waals surface area (Å²) in [5.74, 6) is 0.966. The first-order chi connectivity index (χ1) is 12.7. The van der Waals surface area contributed by atoms with E-state index in [1.54, 1.807) is 18.3 Å². The van der Waals surface area contributed by atoms with Gasteiger partial charge < -0.3 is 9.80 Å². The smallest absolute Gasteiger partial charge is 0.230 e. The van der Waals surface area contributed by atoms with Crippen molar-refractivity contribution in [3.63, 3.8) is 0 Å². The highest BCUT2D eigenvalue weighted by atomic mass is 16.2. The zero-order chi connectivity index (χ0) is 18.4. The van der Waals surface area contributed by atoms with Crippen molar-refractivity contribution >= 4 is 11.7 Å². The summed E-state index contributed by atoms with van der Waals surface area (Å²) in [7, 11) is 0. The molecule has 0 bridgehead atoms. The molecule has 5 nitrogen and oxygen atoms in total. The van der Waals surface area contributed by atoms with E-state index in [0.717, 1.165) is 37.3 Å². The predicted octanol–water partition coefficient (Wildman–Crippen LogP) is 3.19. The van der Waals surface area contributed by atoms with E-state index >= 15 is 0 Å². The maximum Gasteiger partial charge on any atom is 0.230 e. The molecule has 26 heavy (non-hydrogen) atoms. The molecule has 1 aliphatic rings. The number of benzene rings is 1. The van der Waals surface area contributed by atoms with Crippen LogP contribution < -0.4 is 4.90 Å². The van der Waals surface area contributed by atoms with E-state index in [2.05, 4.69) is 22.9 Å². The molecule has 134 valence electrons. The van der Waals surface area contributed by atoms with Crippen LogP contribution in [0.15, 0.2) is 48.7 Å². The summed E-state index contributed by atoms with van der Waals surface area (Å²) in [6.07, 6.45) is 3.52. The van der Waals surface area contributed by atoms with Crippen LogP contribution in [-0.2, 0) is 4.79 Å². The Labute approximate surface area is 154 Å². The number of anilines is 1. The van der Waals surface area contributed by atoms with Crippen LogP contribution >= 0.6 is 0 Å². The molecule has 0 saturated carbocycles. The van der Waals surface area contributed by atoms with Crippen LogP contribution in [-0.4, -0.2) is 42.0 Å². The average molecular weight is 348 g/mol. The molecule has 0 aliphatic carbocycles. The standard InChI is InChI=1S/C21H24N4O/c1-2-6-19(18-7-4-3-5-8-18)21(26)25-13-11-24(12-14-25)20-15-17(16-22)9-10-23-20/h3-5,7-10,15,19H,2,6,11-14H2,1H3. The Morgan fingerprint density at radius 1 is 1.19 bits per heavy atom. The predicted molar refractivity (Wildman–Crippen MR) is 102 cm³/mol. The number of rotatable bonds is 5. The number of aromatic nitrogens is 1. The third-order valence-electron chi connectivity index (χ3n) is 4.87. The number of carbonyl (C=O) groups excluding carboxylic acids is 1. The Morgan fingerprint density at radius 2 is 1.92 bits per heavy atom. The van der Waals surface area contributed by atoms with Gasteiger partial charge in [0.2, 0.25) is 5.91 Å². The van der Waals surface area contributed by atoms with Crippen LogP contribution in [0.2, 0.25) is 0 Å². The van der Waals surface area contributed by atoms with Crippen LogP contribution in [0.5, 0.6) is 0 Å². The fourth-order valence-electron chi connectivity index (χ4n) is 3.44. The summed E-state index contributed by atoms with van der Waals surface area (Å²) in [6, 6.07) is 15.7. The van der Waals surface area contributed by atoms with Crippen LogP contribution in [0.4, 0.5) is 5.82 Å². The third kappa shape index (κ3) is 4.02. The zero-order valence-electron chi connectivity index (χ0n) is 15.1. The molecular formula is C21H24N4O. The normalized spacial score (nSPS) is 15.4. The molecule has 2 heterocycles. The Balaban J connectivity index is 1.66. The van der Waals surface area contributed by atoms with E-state index in [0.29, 0.717) is 18.7 Å². The van der Waals surface area contributed by atoms with Gasteiger partial charge in [0.25, 0.3) is 0 Å². The van der Waals surface area contributed by atoms with Crippen molar-refractivity contribution in [2.24, 2.45) is 0 Å². The van der Waals surface area contributed by atoms with Crippen molar-refractivity contribution in [3.8, 4) is 6.07 Å². The van der Waals surface area contributed by atoms with Crippen molar-refractivity contribution in [3.05, 3.63) is 59.8 Å². The lowest BCUT2D eigenvalue weighted by Crippen LogP contribution is -2.50. The second-order valence-corrected chi connectivity index (χ2v) is 6.58. The summed E-state index contributed by atoms with van der Waals surface area (Å²) in [5, 5.41) is 9.05. The number of piperazine rings is 1. The highest BCUT2D eigenvalue weighted by Gasteiger charge is 2.28. The number of carbonyl (C=O) groups is 1. The number of pyridine rings is 1. The van der Waals surface area contributed by atoms with Crippen LogP contribution in [0.25, 0.3) is 0 Å². The maximum absolute atomic E-state index is 13.1. The number of hydrogen-bond acceptors (Lipinski definition) is 4. The van der Waals surface area contributed by atoms with Gasteiger partial charge >= 0.3 is 0 Å². The first-order valence-corrected chi connectivity index (χ1v) is 9.17. The van der Waals surface area contributed by atoms with E-state index in [9.17, 15) is 4.79 Å². The highest BCUT2D eigenvalue weighted by Crippen LogP contribution is 2.25. The lowest BCUT2D eigenvalue weighted by molar-refractivity contribution is -0.133. The van der Waals surface area contributed by atoms with Gasteiger partial charge in [0.1, 0.15) is 5.82 Å². The van der Waals surface area contributed by atoms with Crippen molar-refractivity contribution in [1.82, 2.24) is 9.88 Å². The zero-order valence-corrected chi connectivity index (χ0v) is 15.1. The fourth-order valence-corrected chi connectivity index (χ4v) is 3.44. The molecule has 1 aliphatic heterocycles. The summed E-state index contributed by atoms with van der Waals surface area (Å²) in [4.78, 5) is 21.6. The highest BCUT2D eigenvalue weighted by molar-refractivity contribution is 5.84. The van der Waals surface area contributed by atoms with Crippen LogP contribution in [0.1, 0.15) is 36.8 Å². The molecule has 3 rings (SSSR count). The molecule has 1 amide bonds. The van der Waals surface area contributed by atoms with Crippen LogP contribution in [0, 0.1) is 11.3 Å². The quantitative estimate of drug-likeness (QED) is 0.833. The maximum atomic E-state index is 13.1. The fraction of sp³-hybridized carbons (Fsp3) is 0.381. The van der Waals surface area contributed by atoms with Crippen molar-refractivity contribution in [1.29, 1.82) is 5.26 Å². The Bertz CT molecular complexity index is 776. The third-order valence-corrected chi connectivity index (χ3v) is 4.87. The molecule has 1 aromatic heterocycles. The Hall–Kier alpha value is -2.87. The summed E-state index contributed by atoms with van der Waals surface area (Å²) >= 11 is 0. The van der Waals surface area contributed by atoms with Crippen molar-refractivity contribution in [2.45, 2.75) is 25.7 Å². The van der Waals surface area contributed by atoms with Gasteiger partial charge in [0, 0.05) is 32.4 Å². The van der Waals surface area contributed by atoms with Gasteiger partial charge in [-0.05, 0) is 24.1 Å². The molecule has 1 aromatic carbocycles. The molecule has 1 atom stereocenters. The van der Waals surface area contributed by atoms with E-state index < -0.39 is 0 Å². The van der Waals surface area contributed by atoms with Gasteiger partial charge in [-0.3, -0.25) is 4.79 Å². The molecule has 0 N–H and O–H groups in total. The topological polar surface area (TPSA) is 60.2 Å². The Morgan fingerprint density at radius 3 is 2.58 bits per heavy atom. The summed E-state index contributed by atoms with van der Waals surface area (Å²) < 4.78 is 0. The first-order valence-electron chi connectivity index (χ1n) is 9.17.